The van der Waals surface area contributed by atoms with E-state index in [2.05, 4.69) is 16.0 Å². The van der Waals surface area contributed by atoms with E-state index in [1.54, 1.807) is 56.0 Å². The Kier molecular flexibility index (Phi) is 10.1. The topological polar surface area (TPSA) is 126 Å². The molecule has 44 heavy (non-hydrogen) atoms. The Hall–Kier alpha value is -4.70. The van der Waals surface area contributed by atoms with E-state index in [0.717, 1.165) is 16.7 Å². The summed E-state index contributed by atoms with van der Waals surface area (Å²) in [7, 11) is 0. The van der Waals surface area contributed by atoms with Crippen molar-refractivity contribution in [1.82, 2.24) is 15.5 Å². The second-order valence-corrected chi connectivity index (χ2v) is 12.3. The van der Waals surface area contributed by atoms with Crippen LogP contribution in [-0.4, -0.2) is 52.5 Å². The summed E-state index contributed by atoms with van der Waals surface area (Å²) in [5.74, 6) is -1.12. The van der Waals surface area contributed by atoms with Gasteiger partial charge in [-0.2, -0.15) is 0 Å². The van der Waals surface area contributed by atoms with E-state index in [1.807, 2.05) is 48.5 Å². The summed E-state index contributed by atoms with van der Waals surface area (Å²) in [5.41, 5.74) is 1.82. The third-order valence-electron chi connectivity index (χ3n) is 6.91. The number of alkyl carbamates (subject to hydrolysis) is 1. The van der Waals surface area contributed by atoms with Gasteiger partial charge in [-0.1, -0.05) is 54.6 Å². The molecule has 0 fully saturated rings. The van der Waals surface area contributed by atoms with Gasteiger partial charge in [0, 0.05) is 24.3 Å². The largest absolute Gasteiger partial charge is 0.444 e. The first-order valence-electron chi connectivity index (χ1n) is 14.5. The van der Waals surface area contributed by atoms with Crippen LogP contribution in [0.4, 0.5) is 10.5 Å². The average molecular weight is 601 g/mol. The fraction of sp³-hybridized carbons (Fsp3) is 0.353. The van der Waals surface area contributed by atoms with Gasteiger partial charge in [0.15, 0.2) is 0 Å². The molecule has 0 bridgehead atoms. The number of rotatable bonds is 10. The highest BCUT2D eigenvalue weighted by Gasteiger charge is 2.36. The first-order chi connectivity index (χ1) is 20.8. The van der Waals surface area contributed by atoms with Crippen LogP contribution in [0.2, 0.25) is 0 Å². The van der Waals surface area contributed by atoms with Crippen molar-refractivity contribution in [3.05, 3.63) is 101 Å². The Morgan fingerprint density at radius 3 is 2.14 bits per heavy atom. The van der Waals surface area contributed by atoms with Crippen LogP contribution in [0, 0.1) is 0 Å². The number of nitrogens with one attached hydrogen (secondary N) is 3. The number of hydrogen-bond donors (Lipinski definition) is 3. The SMILES string of the molecule is CC(C)(C)OC(=O)NC(C)(C)C(=O)N[C@H](COCc1ccccc1)C(=O)N1Cc2ccc(NC(=O)c3ccccc3)cc2C1. The Balaban J connectivity index is 1.44. The van der Waals surface area contributed by atoms with Crippen molar-refractivity contribution >= 4 is 29.5 Å². The molecule has 3 N–H and O–H groups in total. The van der Waals surface area contributed by atoms with Gasteiger partial charge in [-0.15, -0.1) is 0 Å². The molecule has 3 aromatic rings. The number of carbonyl (C=O) groups excluding carboxylic acids is 4. The highest BCUT2D eigenvalue weighted by Crippen LogP contribution is 2.27. The quantitative estimate of drug-likeness (QED) is 0.307. The van der Waals surface area contributed by atoms with Crippen LogP contribution in [0.3, 0.4) is 0 Å². The minimum absolute atomic E-state index is 0.0762. The lowest BCUT2D eigenvalue weighted by Gasteiger charge is -2.30. The zero-order valence-corrected chi connectivity index (χ0v) is 25.8. The number of hydrogen-bond acceptors (Lipinski definition) is 6. The van der Waals surface area contributed by atoms with Crippen molar-refractivity contribution in [2.45, 2.75) is 71.5 Å². The third kappa shape index (κ3) is 8.90. The Morgan fingerprint density at radius 2 is 1.48 bits per heavy atom. The summed E-state index contributed by atoms with van der Waals surface area (Å²) in [6, 6.07) is 23.0. The molecule has 0 saturated carbocycles. The van der Waals surface area contributed by atoms with Crippen LogP contribution in [0.25, 0.3) is 0 Å². The van der Waals surface area contributed by atoms with E-state index in [9.17, 15) is 19.2 Å². The monoisotopic (exact) mass is 600 g/mol. The van der Waals surface area contributed by atoms with Crippen LogP contribution >= 0.6 is 0 Å². The Labute approximate surface area is 258 Å². The van der Waals surface area contributed by atoms with E-state index < -0.39 is 29.2 Å². The number of benzene rings is 3. The van der Waals surface area contributed by atoms with E-state index in [1.165, 1.54) is 13.8 Å². The van der Waals surface area contributed by atoms with Gasteiger partial charge in [0.1, 0.15) is 17.2 Å². The molecule has 0 aliphatic carbocycles. The zero-order chi connectivity index (χ0) is 31.9. The molecule has 232 valence electrons. The van der Waals surface area contributed by atoms with Gasteiger partial charge in [0.2, 0.25) is 11.8 Å². The second-order valence-electron chi connectivity index (χ2n) is 12.3. The third-order valence-corrected chi connectivity index (χ3v) is 6.91. The number of anilines is 1. The second kappa shape index (κ2) is 13.7. The van der Waals surface area contributed by atoms with Gasteiger partial charge < -0.3 is 30.3 Å². The van der Waals surface area contributed by atoms with Crippen LogP contribution in [0.5, 0.6) is 0 Å². The molecule has 0 spiro atoms. The van der Waals surface area contributed by atoms with Crippen molar-refractivity contribution in [1.29, 1.82) is 0 Å². The summed E-state index contributed by atoms with van der Waals surface area (Å²) in [5, 5.41) is 8.28. The maximum Gasteiger partial charge on any atom is 0.408 e. The van der Waals surface area contributed by atoms with E-state index in [0.29, 0.717) is 24.3 Å². The van der Waals surface area contributed by atoms with Gasteiger partial charge in [-0.05, 0) is 75.6 Å². The smallest absolute Gasteiger partial charge is 0.408 e. The zero-order valence-electron chi connectivity index (χ0n) is 25.8. The molecule has 3 aromatic carbocycles. The molecule has 1 aliphatic heterocycles. The molecular weight excluding hydrogens is 560 g/mol. The number of ether oxygens (including phenoxy) is 2. The van der Waals surface area contributed by atoms with Gasteiger partial charge in [-0.25, -0.2) is 4.79 Å². The van der Waals surface area contributed by atoms with Crippen LogP contribution in [-0.2, 0) is 38.8 Å². The van der Waals surface area contributed by atoms with Gasteiger partial charge in [0.05, 0.1) is 13.2 Å². The van der Waals surface area contributed by atoms with Gasteiger partial charge in [-0.3, -0.25) is 14.4 Å². The molecule has 4 amide bonds. The summed E-state index contributed by atoms with van der Waals surface area (Å²) in [6.07, 6.45) is -0.744. The molecule has 0 saturated heterocycles. The number of amides is 4. The average Bonchev–Trinajstić information content (AvgIpc) is 3.39. The minimum Gasteiger partial charge on any atom is -0.444 e. The number of carbonyl (C=O) groups is 4. The lowest BCUT2D eigenvalue weighted by atomic mass is 10.0. The normalized spacial score (nSPS) is 13.4. The number of fused-ring (bicyclic) bond motifs is 1. The molecule has 1 atom stereocenters. The van der Waals surface area contributed by atoms with Crippen molar-refractivity contribution in [3.8, 4) is 0 Å². The predicted molar refractivity (Wildman–Crippen MR) is 167 cm³/mol. The van der Waals surface area contributed by atoms with Crippen LogP contribution in [0.1, 0.15) is 61.7 Å². The summed E-state index contributed by atoms with van der Waals surface area (Å²) in [6.45, 7) is 9.08. The molecule has 0 unspecified atom stereocenters. The van der Waals surface area contributed by atoms with Crippen molar-refractivity contribution in [2.75, 3.05) is 11.9 Å². The Morgan fingerprint density at radius 1 is 0.841 bits per heavy atom. The lowest BCUT2D eigenvalue weighted by molar-refractivity contribution is -0.140. The molecule has 4 rings (SSSR count). The van der Waals surface area contributed by atoms with E-state index in [-0.39, 0.29) is 25.0 Å². The molecule has 10 heteroatoms. The fourth-order valence-corrected chi connectivity index (χ4v) is 4.64. The highest BCUT2D eigenvalue weighted by molar-refractivity contribution is 6.04. The molecule has 0 aromatic heterocycles. The first kappa shape index (κ1) is 32.2. The minimum atomic E-state index is -1.37. The van der Waals surface area contributed by atoms with Crippen LogP contribution in [0.15, 0.2) is 78.9 Å². The molecule has 1 aliphatic rings. The molecular formula is C34H40N4O6. The van der Waals surface area contributed by atoms with Crippen molar-refractivity contribution in [3.63, 3.8) is 0 Å². The maximum absolute atomic E-state index is 13.8. The van der Waals surface area contributed by atoms with Crippen molar-refractivity contribution < 1.29 is 28.7 Å². The lowest BCUT2D eigenvalue weighted by Crippen LogP contribution is -2.60. The fourth-order valence-electron chi connectivity index (χ4n) is 4.64. The van der Waals surface area contributed by atoms with Gasteiger partial charge in [0.25, 0.3) is 5.91 Å². The molecule has 0 radical (unpaired) electrons. The highest BCUT2D eigenvalue weighted by atomic mass is 16.6. The maximum atomic E-state index is 13.8. The Bertz CT molecular complexity index is 1480. The van der Waals surface area contributed by atoms with E-state index in [4.69, 9.17) is 9.47 Å². The standard InChI is InChI=1S/C34H40N4O6/c1-33(2,3)44-32(42)37-34(4,5)31(41)36-28(22-43-21-23-12-8-6-9-13-23)30(40)38-19-25-16-17-27(18-26(25)20-38)35-29(39)24-14-10-7-11-15-24/h6-18,28H,19-22H2,1-5H3,(H,35,39)(H,36,41)(H,37,42)/t28-/m1/s1. The number of nitrogens with zero attached hydrogens (tertiary/aromatic N) is 1. The van der Waals surface area contributed by atoms with Gasteiger partial charge >= 0.3 is 6.09 Å². The summed E-state index contributed by atoms with van der Waals surface area (Å²) >= 11 is 0. The first-order valence-corrected chi connectivity index (χ1v) is 14.5. The van der Waals surface area contributed by atoms with E-state index >= 15 is 0 Å². The van der Waals surface area contributed by atoms with Crippen LogP contribution < -0.4 is 16.0 Å². The molecule has 1 heterocycles. The van der Waals surface area contributed by atoms with Crippen molar-refractivity contribution in [2.24, 2.45) is 0 Å². The predicted octanol–water partition coefficient (Wildman–Crippen LogP) is 4.79. The summed E-state index contributed by atoms with van der Waals surface area (Å²) < 4.78 is 11.2. The summed E-state index contributed by atoms with van der Waals surface area (Å²) in [4.78, 5) is 53.9. The molecule has 10 nitrogen and oxygen atoms in total.